The zero-order valence-corrected chi connectivity index (χ0v) is 10.7. The maximum Gasteiger partial charge on any atom is 0.165 e. The van der Waals surface area contributed by atoms with Gasteiger partial charge in [-0.15, -0.1) is 0 Å². The molecular formula is C14H20FNO. The zero-order valence-electron chi connectivity index (χ0n) is 10.7. The van der Waals surface area contributed by atoms with Crippen LogP contribution < -0.4 is 10.1 Å². The van der Waals surface area contributed by atoms with Crippen molar-refractivity contribution in [2.75, 3.05) is 6.61 Å². The number of nitrogens with one attached hydrogen (secondary N) is 1. The van der Waals surface area contributed by atoms with E-state index in [4.69, 9.17) is 4.74 Å². The highest BCUT2D eigenvalue weighted by molar-refractivity contribution is 5.43. The lowest BCUT2D eigenvalue weighted by Crippen LogP contribution is -2.28. The molecule has 0 spiro atoms. The molecule has 1 aliphatic rings. The lowest BCUT2D eigenvalue weighted by molar-refractivity contribution is 0.300. The molecule has 1 atom stereocenters. The molecule has 0 amide bonds. The van der Waals surface area contributed by atoms with Crippen LogP contribution in [0.15, 0.2) is 12.1 Å². The predicted octanol–water partition coefficient (Wildman–Crippen LogP) is 3.35. The van der Waals surface area contributed by atoms with Crippen LogP contribution in [0.5, 0.6) is 5.75 Å². The van der Waals surface area contributed by atoms with Crippen molar-refractivity contribution >= 4 is 0 Å². The van der Waals surface area contributed by atoms with E-state index in [-0.39, 0.29) is 11.9 Å². The summed E-state index contributed by atoms with van der Waals surface area (Å²) >= 11 is 0. The van der Waals surface area contributed by atoms with Crippen molar-refractivity contribution < 1.29 is 9.13 Å². The fourth-order valence-electron chi connectivity index (χ4n) is 2.43. The fourth-order valence-corrected chi connectivity index (χ4v) is 2.43. The van der Waals surface area contributed by atoms with Gasteiger partial charge in [0.05, 0.1) is 6.61 Å². The molecular weight excluding hydrogens is 217 g/mol. The van der Waals surface area contributed by atoms with Gasteiger partial charge in [0.25, 0.3) is 0 Å². The molecule has 2 nitrogen and oxygen atoms in total. The molecule has 17 heavy (non-hydrogen) atoms. The second-order valence-corrected chi connectivity index (χ2v) is 4.97. The van der Waals surface area contributed by atoms with Crippen molar-refractivity contribution in [3.63, 3.8) is 0 Å². The summed E-state index contributed by atoms with van der Waals surface area (Å²) < 4.78 is 19.3. The Bertz CT molecular complexity index is 403. The first-order valence-electron chi connectivity index (χ1n) is 6.27. The number of ether oxygens (including phenoxy) is 1. The van der Waals surface area contributed by atoms with Gasteiger partial charge in [-0.25, -0.2) is 4.39 Å². The average Bonchev–Trinajstić information content (AvgIpc) is 2.46. The Morgan fingerprint density at radius 3 is 2.88 bits per heavy atom. The molecule has 1 unspecified atom stereocenters. The molecule has 0 radical (unpaired) electrons. The lowest BCUT2D eigenvalue weighted by atomic mass is 9.96. The van der Waals surface area contributed by atoms with Gasteiger partial charge in [-0.1, -0.05) is 19.9 Å². The molecule has 0 bridgehead atoms. The molecule has 1 N–H and O–H groups in total. The first-order chi connectivity index (χ1) is 8.09. The van der Waals surface area contributed by atoms with Crippen molar-refractivity contribution in [1.82, 2.24) is 5.32 Å². The van der Waals surface area contributed by atoms with Gasteiger partial charge < -0.3 is 10.1 Å². The Morgan fingerprint density at radius 1 is 1.41 bits per heavy atom. The minimum absolute atomic E-state index is 0.197. The van der Waals surface area contributed by atoms with Crippen molar-refractivity contribution in [2.24, 2.45) is 0 Å². The summed E-state index contributed by atoms with van der Waals surface area (Å²) in [5, 5.41) is 3.50. The molecule has 1 heterocycles. The summed E-state index contributed by atoms with van der Waals surface area (Å²) in [5.74, 6) is 0.198. The number of fused-ring (bicyclic) bond motifs is 1. The predicted molar refractivity (Wildman–Crippen MR) is 66.9 cm³/mol. The Morgan fingerprint density at radius 2 is 2.18 bits per heavy atom. The molecule has 0 saturated carbocycles. The van der Waals surface area contributed by atoms with Crippen molar-refractivity contribution in [1.29, 1.82) is 0 Å². The highest BCUT2D eigenvalue weighted by atomic mass is 19.1. The smallest absolute Gasteiger partial charge is 0.165 e. The van der Waals surface area contributed by atoms with Crippen LogP contribution in [0.25, 0.3) is 0 Å². The van der Waals surface area contributed by atoms with Crippen molar-refractivity contribution in [2.45, 2.75) is 45.7 Å². The van der Waals surface area contributed by atoms with Gasteiger partial charge in [0.2, 0.25) is 0 Å². The van der Waals surface area contributed by atoms with E-state index in [0.29, 0.717) is 18.4 Å². The highest BCUT2D eigenvalue weighted by Crippen LogP contribution is 2.36. The van der Waals surface area contributed by atoms with E-state index in [1.54, 1.807) is 0 Å². The minimum atomic E-state index is -0.247. The molecule has 94 valence electrons. The summed E-state index contributed by atoms with van der Waals surface area (Å²) in [6.07, 6.45) is 1.95. The Kier molecular flexibility index (Phi) is 3.67. The van der Waals surface area contributed by atoms with E-state index in [1.807, 2.05) is 13.0 Å². The van der Waals surface area contributed by atoms with Gasteiger partial charge in [-0.2, -0.15) is 0 Å². The van der Waals surface area contributed by atoms with Crippen LogP contribution in [0.2, 0.25) is 0 Å². The zero-order chi connectivity index (χ0) is 12.4. The van der Waals surface area contributed by atoms with Crippen molar-refractivity contribution in [3.05, 3.63) is 29.1 Å². The van der Waals surface area contributed by atoms with Crippen molar-refractivity contribution in [3.8, 4) is 5.75 Å². The summed E-state index contributed by atoms with van der Waals surface area (Å²) in [5.41, 5.74) is 2.10. The second kappa shape index (κ2) is 5.05. The number of rotatable bonds is 2. The van der Waals surface area contributed by atoms with E-state index in [9.17, 15) is 4.39 Å². The second-order valence-electron chi connectivity index (χ2n) is 4.97. The van der Waals surface area contributed by atoms with E-state index in [2.05, 4.69) is 19.2 Å². The number of aryl methyl sites for hydroxylation is 1. The van der Waals surface area contributed by atoms with Crippen LogP contribution in [-0.2, 0) is 0 Å². The van der Waals surface area contributed by atoms with Gasteiger partial charge >= 0.3 is 0 Å². The summed E-state index contributed by atoms with van der Waals surface area (Å²) in [6.45, 7) is 6.84. The molecule has 0 aliphatic carbocycles. The number of halogens is 1. The van der Waals surface area contributed by atoms with E-state index < -0.39 is 0 Å². The number of hydrogen-bond donors (Lipinski definition) is 1. The van der Waals surface area contributed by atoms with Crippen LogP contribution in [0.1, 0.15) is 43.9 Å². The third kappa shape index (κ3) is 2.60. The van der Waals surface area contributed by atoms with Gasteiger partial charge in [-0.3, -0.25) is 0 Å². The Labute approximate surface area is 102 Å². The molecule has 2 rings (SSSR count). The van der Waals surface area contributed by atoms with Gasteiger partial charge in [-0.05, 0) is 31.4 Å². The molecule has 0 saturated heterocycles. The normalized spacial score (nSPS) is 19.7. The van der Waals surface area contributed by atoms with Crippen LogP contribution in [0.3, 0.4) is 0 Å². The SMILES string of the molecule is Cc1ccc(F)c2c1C(NC(C)C)CCCO2. The summed E-state index contributed by atoms with van der Waals surface area (Å²) in [4.78, 5) is 0. The molecule has 0 fully saturated rings. The molecule has 1 aromatic rings. The van der Waals surface area contributed by atoms with Crippen LogP contribution in [-0.4, -0.2) is 12.6 Å². The molecule has 0 aromatic heterocycles. The topological polar surface area (TPSA) is 21.3 Å². The largest absolute Gasteiger partial charge is 0.490 e. The van der Waals surface area contributed by atoms with Crippen LogP contribution in [0.4, 0.5) is 4.39 Å². The monoisotopic (exact) mass is 237 g/mol. The Hall–Kier alpha value is -1.09. The summed E-state index contributed by atoms with van der Waals surface area (Å²) in [7, 11) is 0. The first kappa shape index (κ1) is 12.4. The third-order valence-corrected chi connectivity index (χ3v) is 3.13. The van der Waals surface area contributed by atoms with E-state index in [1.165, 1.54) is 6.07 Å². The van der Waals surface area contributed by atoms with Crippen LogP contribution >= 0.6 is 0 Å². The van der Waals surface area contributed by atoms with Crippen LogP contribution in [0, 0.1) is 12.7 Å². The van der Waals surface area contributed by atoms with Gasteiger partial charge in [0, 0.05) is 17.6 Å². The number of hydrogen-bond acceptors (Lipinski definition) is 2. The maximum atomic E-state index is 13.8. The van der Waals surface area contributed by atoms with E-state index >= 15 is 0 Å². The van der Waals surface area contributed by atoms with Gasteiger partial charge in [0.1, 0.15) is 0 Å². The minimum Gasteiger partial charge on any atom is -0.490 e. The molecule has 1 aliphatic heterocycles. The summed E-state index contributed by atoms with van der Waals surface area (Å²) in [6, 6.07) is 3.90. The standard InChI is InChI=1S/C14H20FNO/c1-9(2)16-12-5-4-8-17-14-11(15)7-6-10(3)13(12)14/h6-7,9,12,16H,4-5,8H2,1-3H3. The quantitative estimate of drug-likeness (QED) is 0.851. The average molecular weight is 237 g/mol. The Balaban J connectivity index is 2.43. The fraction of sp³-hybridized carbons (Fsp3) is 0.571. The first-order valence-corrected chi connectivity index (χ1v) is 6.27. The molecule has 3 heteroatoms. The van der Waals surface area contributed by atoms with E-state index in [0.717, 1.165) is 24.0 Å². The molecule has 1 aromatic carbocycles. The third-order valence-electron chi connectivity index (χ3n) is 3.13. The highest BCUT2D eigenvalue weighted by Gasteiger charge is 2.24. The maximum absolute atomic E-state index is 13.8. The number of benzene rings is 1. The van der Waals surface area contributed by atoms with Gasteiger partial charge in [0.15, 0.2) is 11.6 Å². The lowest BCUT2D eigenvalue weighted by Gasteiger charge is -2.23.